The van der Waals surface area contributed by atoms with Gasteiger partial charge in [-0.2, -0.15) is 5.10 Å². The van der Waals surface area contributed by atoms with Gasteiger partial charge in [-0.15, -0.1) is 0 Å². The minimum Gasteiger partial charge on any atom is -0.369 e. The monoisotopic (exact) mass is 295 g/mol. The van der Waals surface area contributed by atoms with E-state index in [1.165, 1.54) is 19.3 Å². The molecule has 22 heavy (non-hydrogen) atoms. The van der Waals surface area contributed by atoms with Crippen LogP contribution in [0.25, 0.3) is 16.9 Å². The largest absolute Gasteiger partial charge is 0.369 e. The number of aromatic nitrogens is 4. The molecule has 0 fully saturated rings. The Kier molecular flexibility index (Phi) is 4.63. The molecular weight excluding hydrogens is 274 g/mol. The standard InChI is InChI=1S/C17H21N5/c1-2-3-4-8-11-18-16-13-19-17-15(21-16)12-20-22(17)14-9-6-5-7-10-14/h5-7,9-10,12-13H,2-4,8,11H2,1H3,(H,18,21). The van der Waals surface area contributed by atoms with Crippen molar-refractivity contribution in [2.45, 2.75) is 32.6 Å². The third-order valence-corrected chi connectivity index (χ3v) is 3.61. The second kappa shape index (κ2) is 7.02. The maximum absolute atomic E-state index is 4.58. The molecule has 0 aliphatic heterocycles. The SMILES string of the molecule is CCCCCCNc1cnc2c(cnn2-c2ccccc2)n1. The molecule has 5 heteroatoms. The minimum atomic E-state index is 0.780. The van der Waals surface area contributed by atoms with E-state index < -0.39 is 0 Å². The summed E-state index contributed by atoms with van der Waals surface area (Å²) in [5, 5.41) is 7.73. The second-order valence-corrected chi connectivity index (χ2v) is 5.34. The Labute approximate surface area is 130 Å². The predicted molar refractivity (Wildman–Crippen MR) is 89.3 cm³/mol. The Morgan fingerprint density at radius 2 is 1.91 bits per heavy atom. The van der Waals surface area contributed by atoms with Gasteiger partial charge in [0.05, 0.1) is 18.1 Å². The van der Waals surface area contributed by atoms with Gasteiger partial charge in [0.25, 0.3) is 0 Å². The van der Waals surface area contributed by atoms with E-state index in [1.807, 2.05) is 35.0 Å². The van der Waals surface area contributed by atoms with Crippen molar-refractivity contribution in [3.8, 4) is 5.69 Å². The van der Waals surface area contributed by atoms with E-state index >= 15 is 0 Å². The molecule has 5 nitrogen and oxygen atoms in total. The summed E-state index contributed by atoms with van der Waals surface area (Å²) in [5.74, 6) is 0.816. The first-order valence-corrected chi connectivity index (χ1v) is 7.88. The predicted octanol–water partition coefficient (Wildman–Crippen LogP) is 3.81. The molecule has 2 aromatic heterocycles. The fourth-order valence-electron chi connectivity index (χ4n) is 2.43. The molecule has 1 N–H and O–H groups in total. The molecule has 0 aliphatic rings. The summed E-state index contributed by atoms with van der Waals surface area (Å²) in [6.07, 6.45) is 8.50. The van der Waals surface area contributed by atoms with Gasteiger partial charge in [-0.25, -0.2) is 14.6 Å². The van der Waals surface area contributed by atoms with Crippen LogP contribution < -0.4 is 5.32 Å². The molecule has 0 atom stereocenters. The number of fused-ring (bicyclic) bond motifs is 1. The van der Waals surface area contributed by atoms with Crippen molar-refractivity contribution in [3.63, 3.8) is 0 Å². The summed E-state index contributed by atoms with van der Waals surface area (Å²) in [6, 6.07) is 9.98. The molecule has 3 aromatic rings. The van der Waals surface area contributed by atoms with E-state index in [0.29, 0.717) is 0 Å². The summed E-state index contributed by atoms with van der Waals surface area (Å²) < 4.78 is 1.81. The lowest BCUT2D eigenvalue weighted by Gasteiger charge is -2.05. The highest BCUT2D eigenvalue weighted by atomic mass is 15.3. The Balaban J connectivity index is 1.72. The molecule has 3 rings (SSSR count). The van der Waals surface area contributed by atoms with Crippen LogP contribution in [0.15, 0.2) is 42.7 Å². The van der Waals surface area contributed by atoms with Gasteiger partial charge in [0.2, 0.25) is 0 Å². The highest BCUT2D eigenvalue weighted by Gasteiger charge is 2.07. The van der Waals surface area contributed by atoms with E-state index in [-0.39, 0.29) is 0 Å². The third kappa shape index (κ3) is 3.24. The fourth-order valence-corrected chi connectivity index (χ4v) is 2.43. The zero-order valence-corrected chi connectivity index (χ0v) is 12.9. The van der Waals surface area contributed by atoms with Gasteiger partial charge in [0.1, 0.15) is 11.3 Å². The van der Waals surface area contributed by atoms with Gasteiger partial charge < -0.3 is 5.32 Å². The lowest BCUT2D eigenvalue weighted by atomic mass is 10.2. The van der Waals surface area contributed by atoms with Crippen LogP contribution in [0.3, 0.4) is 0 Å². The second-order valence-electron chi connectivity index (χ2n) is 5.34. The Hall–Kier alpha value is -2.43. The first-order valence-electron chi connectivity index (χ1n) is 7.88. The van der Waals surface area contributed by atoms with E-state index in [1.54, 1.807) is 12.4 Å². The van der Waals surface area contributed by atoms with Crippen molar-refractivity contribution in [2.75, 3.05) is 11.9 Å². The highest BCUT2D eigenvalue weighted by Crippen LogP contribution is 2.16. The van der Waals surface area contributed by atoms with Gasteiger partial charge in [0.15, 0.2) is 5.65 Å². The smallest absolute Gasteiger partial charge is 0.181 e. The van der Waals surface area contributed by atoms with Crippen LogP contribution in [0.4, 0.5) is 5.82 Å². The average Bonchev–Trinajstić information content (AvgIpc) is 2.99. The van der Waals surface area contributed by atoms with Crippen molar-refractivity contribution >= 4 is 17.0 Å². The van der Waals surface area contributed by atoms with E-state index in [2.05, 4.69) is 27.3 Å². The normalized spacial score (nSPS) is 11.0. The summed E-state index contributed by atoms with van der Waals surface area (Å²) in [7, 11) is 0. The zero-order valence-electron chi connectivity index (χ0n) is 12.9. The van der Waals surface area contributed by atoms with Crippen LogP contribution in [0.5, 0.6) is 0 Å². The van der Waals surface area contributed by atoms with Crippen LogP contribution in [0.1, 0.15) is 32.6 Å². The number of benzene rings is 1. The first-order chi connectivity index (χ1) is 10.9. The molecule has 0 saturated heterocycles. The molecule has 1 aromatic carbocycles. The summed E-state index contributed by atoms with van der Waals surface area (Å²) in [4.78, 5) is 9.09. The molecular formula is C17H21N5. The molecule has 0 unspecified atom stereocenters. The number of nitrogens with zero attached hydrogens (tertiary/aromatic N) is 4. The van der Waals surface area contributed by atoms with Gasteiger partial charge in [-0.05, 0) is 18.6 Å². The molecule has 0 radical (unpaired) electrons. The number of nitrogens with one attached hydrogen (secondary N) is 1. The van der Waals surface area contributed by atoms with Crippen molar-refractivity contribution in [1.29, 1.82) is 0 Å². The molecule has 0 spiro atoms. The van der Waals surface area contributed by atoms with Crippen molar-refractivity contribution < 1.29 is 0 Å². The summed E-state index contributed by atoms with van der Waals surface area (Å²) in [6.45, 7) is 3.16. The van der Waals surface area contributed by atoms with Gasteiger partial charge in [-0.1, -0.05) is 44.4 Å². The summed E-state index contributed by atoms with van der Waals surface area (Å²) >= 11 is 0. The van der Waals surface area contributed by atoms with Crippen molar-refractivity contribution in [3.05, 3.63) is 42.7 Å². The maximum atomic E-state index is 4.58. The first kappa shape index (κ1) is 14.5. The lowest BCUT2D eigenvalue weighted by Crippen LogP contribution is -2.04. The van der Waals surface area contributed by atoms with Gasteiger partial charge >= 0.3 is 0 Å². The van der Waals surface area contributed by atoms with Crippen LogP contribution in [-0.4, -0.2) is 26.3 Å². The molecule has 2 heterocycles. The van der Waals surface area contributed by atoms with Gasteiger partial charge in [0, 0.05) is 6.54 Å². The topological polar surface area (TPSA) is 55.6 Å². The molecule has 0 aliphatic carbocycles. The number of unbranched alkanes of at least 4 members (excludes halogenated alkanes) is 3. The Morgan fingerprint density at radius 1 is 1.05 bits per heavy atom. The number of hydrogen-bond acceptors (Lipinski definition) is 4. The number of rotatable bonds is 7. The fraction of sp³-hybridized carbons (Fsp3) is 0.353. The number of hydrogen-bond donors (Lipinski definition) is 1. The van der Waals surface area contributed by atoms with Crippen LogP contribution in [0.2, 0.25) is 0 Å². The van der Waals surface area contributed by atoms with E-state index in [4.69, 9.17) is 0 Å². The molecule has 0 bridgehead atoms. The molecule has 0 amide bonds. The van der Waals surface area contributed by atoms with Crippen LogP contribution in [0, 0.1) is 0 Å². The Bertz CT molecular complexity index is 720. The van der Waals surface area contributed by atoms with Crippen molar-refractivity contribution in [2.24, 2.45) is 0 Å². The third-order valence-electron chi connectivity index (χ3n) is 3.61. The lowest BCUT2D eigenvalue weighted by molar-refractivity contribution is 0.684. The average molecular weight is 295 g/mol. The molecule has 114 valence electrons. The minimum absolute atomic E-state index is 0.780. The highest BCUT2D eigenvalue weighted by molar-refractivity contribution is 5.73. The zero-order chi connectivity index (χ0) is 15.2. The van der Waals surface area contributed by atoms with E-state index in [9.17, 15) is 0 Å². The van der Waals surface area contributed by atoms with Crippen LogP contribution in [-0.2, 0) is 0 Å². The van der Waals surface area contributed by atoms with Gasteiger partial charge in [-0.3, -0.25) is 0 Å². The van der Waals surface area contributed by atoms with Crippen molar-refractivity contribution in [1.82, 2.24) is 19.7 Å². The van der Waals surface area contributed by atoms with E-state index in [0.717, 1.165) is 35.6 Å². The Morgan fingerprint density at radius 3 is 2.73 bits per heavy atom. The summed E-state index contributed by atoms with van der Waals surface area (Å²) in [5.41, 5.74) is 2.58. The number of para-hydroxylation sites is 1. The molecule has 0 saturated carbocycles. The quantitative estimate of drug-likeness (QED) is 0.673. The number of anilines is 1. The van der Waals surface area contributed by atoms with Crippen LogP contribution >= 0.6 is 0 Å². The maximum Gasteiger partial charge on any atom is 0.181 e.